The van der Waals surface area contributed by atoms with E-state index in [1.165, 1.54) is 0 Å². The molecule has 0 aromatic carbocycles. The summed E-state index contributed by atoms with van der Waals surface area (Å²) in [7, 11) is 0. The molecule has 0 saturated heterocycles. The highest BCUT2D eigenvalue weighted by molar-refractivity contribution is 5.74. The highest BCUT2D eigenvalue weighted by Gasteiger charge is 2.17. The lowest BCUT2D eigenvalue weighted by atomic mass is 10.2. The Labute approximate surface area is 104 Å². The number of hydrogen-bond acceptors (Lipinski definition) is 2. The molecular formula is C13H24N2O2. The smallest absolute Gasteiger partial charge is 0.317 e. The van der Waals surface area contributed by atoms with E-state index in [2.05, 4.69) is 24.4 Å². The van der Waals surface area contributed by atoms with Gasteiger partial charge in [-0.15, -0.1) is 0 Å². The van der Waals surface area contributed by atoms with Crippen molar-refractivity contribution in [1.29, 1.82) is 0 Å². The number of hydrogen-bond donors (Lipinski definition) is 2. The normalized spacial score (nSPS) is 15.2. The predicted octanol–water partition coefficient (Wildman–Crippen LogP) is 1.90. The average Bonchev–Trinajstić information content (AvgIpc) is 2.82. The zero-order valence-electron chi connectivity index (χ0n) is 10.7. The fourth-order valence-corrected chi connectivity index (χ4v) is 1.93. The second-order valence-corrected chi connectivity index (χ2v) is 4.51. The minimum Gasteiger partial charge on any atom is -0.396 e. The van der Waals surface area contributed by atoms with Crippen LogP contribution < -0.4 is 5.32 Å². The molecule has 17 heavy (non-hydrogen) atoms. The van der Waals surface area contributed by atoms with Crippen LogP contribution in [0.3, 0.4) is 0 Å². The van der Waals surface area contributed by atoms with Gasteiger partial charge in [0.2, 0.25) is 0 Å². The molecule has 0 fully saturated rings. The first-order valence-electron chi connectivity index (χ1n) is 6.59. The lowest BCUT2D eigenvalue weighted by Crippen LogP contribution is -2.45. The minimum atomic E-state index is 0.0144. The van der Waals surface area contributed by atoms with Crippen molar-refractivity contribution in [2.24, 2.45) is 0 Å². The van der Waals surface area contributed by atoms with E-state index < -0.39 is 0 Å². The molecule has 0 aromatic heterocycles. The molecule has 0 aromatic rings. The summed E-state index contributed by atoms with van der Waals surface area (Å²) in [5.74, 6) is 0. The molecule has 2 amide bonds. The third-order valence-electron chi connectivity index (χ3n) is 2.99. The lowest BCUT2D eigenvalue weighted by Gasteiger charge is -2.24. The van der Waals surface area contributed by atoms with E-state index in [4.69, 9.17) is 5.11 Å². The maximum absolute atomic E-state index is 12.0. The SMILES string of the molecule is CCCCN(CCCO)C(=O)NC1CC=CC1. The molecule has 0 bridgehead atoms. The number of urea groups is 1. The van der Waals surface area contributed by atoms with Crippen LogP contribution in [-0.4, -0.2) is 41.8 Å². The number of unbranched alkanes of at least 4 members (excludes halogenated alkanes) is 1. The number of nitrogens with one attached hydrogen (secondary N) is 1. The fraction of sp³-hybridized carbons (Fsp3) is 0.769. The Morgan fingerprint density at radius 2 is 2.00 bits per heavy atom. The fourth-order valence-electron chi connectivity index (χ4n) is 1.93. The average molecular weight is 240 g/mol. The quantitative estimate of drug-likeness (QED) is 0.668. The summed E-state index contributed by atoms with van der Waals surface area (Å²) in [6.07, 6.45) is 8.83. The lowest BCUT2D eigenvalue weighted by molar-refractivity contribution is 0.185. The number of carbonyl (C=O) groups is 1. The summed E-state index contributed by atoms with van der Waals surface area (Å²) >= 11 is 0. The summed E-state index contributed by atoms with van der Waals surface area (Å²) in [6.45, 7) is 3.68. The molecule has 0 aliphatic heterocycles. The van der Waals surface area contributed by atoms with Gasteiger partial charge in [-0.25, -0.2) is 4.79 Å². The molecule has 1 aliphatic rings. The van der Waals surface area contributed by atoms with Gasteiger partial charge in [0.1, 0.15) is 0 Å². The molecule has 0 radical (unpaired) electrons. The maximum atomic E-state index is 12.0. The number of rotatable bonds is 7. The second kappa shape index (κ2) is 8.12. The highest BCUT2D eigenvalue weighted by atomic mass is 16.3. The monoisotopic (exact) mass is 240 g/mol. The number of aliphatic hydroxyl groups excluding tert-OH is 1. The molecule has 0 saturated carbocycles. The Balaban J connectivity index is 2.34. The van der Waals surface area contributed by atoms with Crippen LogP contribution in [0.2, 0.25) is 0 Å². The topological polar surface area (TPSA) is 52.6 Å². The van der Waals surface area contributed by atoms with E-state index in [1.807, 2.05) is 4.90 Å². The van der Waals surface area contributed by atoms with Crippen LogP contribution in [0, 0.1) is 0 Å². The van der Waals surface area contributed by atoms with Crippen LogP contribution in [0.5, 0.6) is 0 Å². The van der Waals surface area contributed by atoms with Crippen LogP contribution in [0.1, 0.15) is 39.0 Å². The van der Waals surface area contributed by atoms with Gasteiger partial charge in [0.15, 0.2) is 0 Å². The largest absolute Gasteiger partial charge is 0.396 e. The van der Waals surface area contributed by atoms with Gasteiger partial charge < -0.3 is 15.3 Å². The van der Waals surface area contributed by atoms with E-state index in [0.717, 1.165) is 32.2 Å². The van der Waals surface area contributed by atoms with Crippen molar-refractivity contribution in [3.8, 4) is 0 Å². The van der Waals surface area contributed by atoms with Gasteiger partial charge in [-0.1, -0.05) is 25.5 Å². The van der Waals surface area contributed by atoms with Crippen LogP contribution in [-0.2, 0) is 0 Å². The van der Waals surface area contributed by atoms with Gasteiger partial charge in [-0.2, -0.15) is 0 Å². The van der Waals surface area contributed by atoms with Crippen LogP contribution in [0.4, 0.5) is 4.79 Å². The van der Waals surface area contributed by atoms with Gasteiger partial charge in [-0.3, -0.25) is 0 Å². The van der Waals surface area contributed by atoms with Gasteiger partial charge in [0.25, 0.3) is 0 Å². The first kappa shape index (κ1) is 14.0. The Bertz CT molecular complexity index is 238. The predicted molar refractivity (Wildman–Crippen MR) is 68.9 cm³/mol. The van der Waals surface area contributed by atoms with E-state index in [0.29, 0.717) is 13.0 Å². The standard InChI is InChI=1S/C13H24N2O2/c1-2-3-9-15(10-6-11-16)13(17)14-12-7-4-5-8-12/h4-5,12,16H,2-3,6-11H2,1H3,(H,14,17). The van der Waals surface area contributed by atoms with Crippen molar-refractivity contribution in [2.45, 2.75) is 45.1 Å². The van der Waals surface area contributed by atoms with Crippen molar-refractivity contribution in [3.05, 3.63) is 12.2 Å². The molecule has 4 nitrogen and oxygen atoms in total. The van der Waals surface area contributed by atoms with E-state index in [-0.39, 0.29) is 18.7 Å². The molecule has 1 rings (SSSR count). The van der Waals surface area contributed by atoms with Crippen molar-refractivity contribution in [2.75, 3.05) is 19.7 Å². The summed E-state index contributed by atoms with van der Waals surface area (Å²) in [5.41, 5.74) is 0. The Kier molecular flexibility index (Phi) is 6.70. The zero-order chi connectivity index (χ0) is 12.5. The summed E-state index contributed by atoms with van der Waals surface area (Å²) in [4.78, 5) is 13.8. The number of nitrogens with zero attached hydrogens (tertiary/aromatic N) is 1. The molecule has 0 atom stereocenters. The molecular weight excluding hydrogens is 216 g/mol. The molecule has 0 spiro atoms. The minimum absolute atomic E-state index is 0.0144. The molecule has 2 N–H and O–H groups in total. The Morgan fingerprint density at radius 3 is 2.59 bits per heavy atom. The van der Waals surface area contributed by atoms with Gasteiger partial charge in [0.05, 0.1) is 0 Å². The Hall–Kier alpha value is -1.03. The van der Waals surface area contributed by atoms with Crippen molar-refractivity contribution in [1.82, 2.24) is 10.2 Å². The van der Waals surface area contributed by atoms with Crippen LogP contribution in [0.15, 0.2) is 12.2 Å². The van der Waals surface area contributed by atoms with E-state index in [1.54, 1.807) is 0 Å². The number of aliphatic hydroxyl groups is 1. The van der Waals surface area contributed by atoms with E-state index in [9.17, 15) is 4.79 Å². The number of amides is 2. The van der Waals surface area contributed by atoms with Crippen LogP contribution in [0.25, 0.3) is 0 Å². The van der Waals surface area contributed by atoms with Crippen LogP contribution >= 0.6 is 0 Å². The first-order valence-corrected chi connectivity index (χ1v) is 6.59. The van der Waals surface area contributed by atoms with Crippen molar-refractivity contribution in [3.63, 3.8) is 0 Å². The second-order valence-electron chi connectivity index (χ2n) is 4.51. The number of carbonyl (C=O) groups excluding carboxylic acids is 1. The van der Waals surface area contributed by atoms with Gasteiger partial charge in [-0.05, 0) is 25.7 Å². The molecule has 0 unspecified atom stereocenters. The third kappa shape index (κ3) is 5.22. The molecule has 4 heteroatoms. The molecule has 98 valence electrons. The van der Waals surface area contributed by atoms with E-state index >= 15 is 0 Å². The highest BCUT2D eigenvalue weighted by Crippen LogP contribution is 2.10. The third-order valence-corrected chi connectivity index (χ3v) is 2.99. The van der Waals surface area contributed by atoms with Gasteiger partial charge in [0, 0.05) is 25.7 Å². The first-order chi connectivity index (χ1) is 8.27. The molecule has 1 aliphatic carbocycles. The zero-order valence-corrected chi connectivity index (χ0v) is 10.7. The maximum Gasteiger partial charge on any atom is 0.317 e. The summed E-state index contributed by atoms with van der Waals surface area (Å²) in [5, 5.41) is 11.9. The van der Waals surface area contributed by atoms with Crippen molar-refractivity contribution < 1.29 is 9.90 Å². The summed E-state index contributed by atoms with van der Waals surface area (Å²) < 4.78 is 0. The van der Waals surface area contributed by atoms with Crippen molar-refractivity contribution >= 4 is 6.03 Å². The molecule has 0 heterocycles. The Morgan fingerprint density at radius 1 is 1.35 bits per heavy atom. The van der Waals surface area contributed by atoms with Gasteiger partial charge >= 0.3 is 6.03 Å². The summed E-state index contributed by atoms with van der Waals surface area (Å²) in [6, 6.07) is 0.279.